The van der Waals surface area contributed by atoms with Crippen molar-refractivity contribution in [1.82, 2.24) is 9.78 Å². The monoisotopic (exact) mass is 264 g/mol. The van der Waals surface area contributed by atoms with Crippen molar-refractivity contribution in [3.05, 3.63) is 38.8 Å². The fourth-order valence-corrected chi connectivity index (χ4v) is 3.13. The van der Waals surface area contributed by atoms with E-state index in [4.69, 9.17) is 0 Å². The maximum absolute atomic E-state index is 10.3. The van der Waals surface area contributed by atoms with Crippen LogP contribution in [0.5, 0.6) is 0 Å². The Morgan fingerprint density at radius 2 is 2.06 bits per heavy atom. The zero-order valence-electron chi connectivity index (χ0n) is 11.4. The van der Waals surface area contributed by atoms with E-state index in [9.17, 15) is 5.11 Å². The third kappa shape index (κ3) is 2.65. The molecular formula is C14H20N2OS. The Kier molecular flexibility index (Phi) is 3.88. The summed E-state index contributed by atoms with van der Waals surface area (Å²) in [5, 5.41) is 14.7. The topological polar surface area (TPSA) is 38.0 Å². The first-order chi connectivity index (χ1) is 8.51. The number of aliphatic hydroxyl groups excluding tert-OH is 1. The van der Waals surface area contributed by atoms with Crippen molar-refractivity contribution in [2.75, 3.05) is 0 Å². The molecule has 4 heteroatoms. The van der Waals surface area contributed by atoms with Crippen molar-refractivity contribution in [3.8, 4) is 0 Å². The highest BCUT2D eigenvalue weighted by molar-refractivity contribution is 7.12. The van der Waals surface area contributed by atoms with Gasteiger partial charge in [0.2, 0.25) is 0 Å². The van der Waals surface area contributed by atoms with Crippen LogP contribution in [-0.4, -0.2) is 14.9 Å². The molecule has 2 rings (SSSR count). The molecule has 0 bridgehead atoms. The lowest BCUT2D eigenvalue weighted by Crippen LogP contribution is -2.07. The molecule has 3 nitrogen and oxygen atoms in total. The number of rotatable bonds is 4. The minimum atomic E-state index is -0.427. The zero-order valence-corrected chi connectivity index (χ0v) is 12.2. The van der Waals surface area contributed by atoms with Crippen LogP contribution in [0.1, 0.15) is 39.7 Å². The largest absolute Gasteiger partial charge is 0.387 e. The molecular weight excluding hydrogens is 244 g/mol. The maximum atomic E-state index is 10.3. The number of thiophene rings is 1. The fraction of sp³-hybridized carbons (Fsp3) is 0.500. The normalized spacial score (nSPS) is 12.9. The van der Waals surface area contributed by atoms with Crippen LogP contribution in [0.15, 0.2) is 12.1 Å². The van der Waals surface area contributed by atoms with Gasteiger partial charge in [-0.25, -0.2) is 0 Å². The summed E-state index contributed by atoms with van der Waals surface area (Å²) in [6.07, 6.45) is 0.206. The van der Waals surface area contributed by atoms with E-state index < -0.39 is 6.10 Å². The lowest BCUT2D eigenvalue weighted by Gasteiger charge is -2.09. The molecule has 2 heterocycles. The average molecular weight is 264 g/mol. The van der Waals surface area contributed by atoms with Gasteiger partial charge in [-0.1, -0.05) is 0 Å². The van der Waals surface area contributed by atoms with Gasteiger partial charge in [0.05, 0.1) is 11.8 Å². The van der Waals surface area contributed by atoms with Crippen molar-refractivity contribution in [1.29, 1.82) is 0 Å². The van der Waals surface area contributed by atoms with E-state index in [0.717, 1.165) is 22.8 Å². The van der Waals surface area contributed by atoms with Crippen LogP contribution < -0.4 is 0 Å². The molecule has 0 aliphatic heterocycles. The van der Waals surface area contributed by atoms with Crippen molar-refractivity contribution >= 4 is 11.3 Å². The highest BCUT2D eigenvalue weighted by Gasteiger charge is 2.15. The van der Waals surface area contributed by atoms with E-state index in [0.29, 0.717) is 6.42 Å². The molecule has 1 unspecified atom stereocenters. The summed E-state index contributed by atoms with van der Waals surface area (Å²) >= 11 is 1.68. The van der Waals surface area contributed by atoms with Crippen molar-refractivity contribution in [2.45, 2.75) is 46.8 Å². The van der Waals surface area contributed by atoms with Crippen LogP contribution >= 0.6 is 11.3 Å². The lowest BCUT2D eigenvalue weighted by atomic mass is 10.1. The highest BCUT2D eigenvalue weighted by Crippen LogP contribution is 2.28. The summed E-state index contributed by atoms with van der Waals surface area (Å²) in [4.78, 5) is 2.33. The van der Waals surface area contributed by atoms with Crippen molar-refractivity contribution in [2.24, 2.45) is 0 Å². The van der Waals surface area contributed by atoms with Gasteiger partial charge in [-0.2, -0.15) is 5.10 Å². The average Bonchev–Trinajstić information content (AvgIpc) is 2.83. The van der Waals surface area contributed by atoms with Crippen LogP contribution in [0, 0.1) is 20.8 Å². The molecule has 2 aromatic rings. The molecule has 0 saturated heterocycles. The highest BCUT2D eigenvalue weighted by atomic mass is 32.1. The van der Waals surface area contributed by atoms with Gasteiger partial charge in [-0.15, -0.1) is 11.3 Å². The molecule has 0 aliphatic carbocycles. The van der Waals surface area contributed by atoms with Crippen LogP contribution in [0.25, 0.3) is 0 Å². The van der Waals surface area contributed by atoms with E-state index in [2.05, 4.69) is 38.0 Å². The van der Waals surface area contributed by atoms with E-state index in [1.807, 2.05) is 11.6 Å². The Bertz CT molecular complexity index is 522. The Hall–Kier alpha value is -1.13. The van der Waals surface area contributed by atoms with Gasteiger partial charge >= 0.3 is 0 Å². The first-order valence-corrected chi connectivity index (χ1v) is 7.11. The molecule has 0 radical (unpaired) electrons. The molecule has 0 amide bonds. The second-order valence-corrected chi connectivity index (χ2v) is 5.99. The van der Waals surface area contributed by atoms with Gasteiger partial charge in [-0.3, -0.25) is 4.68 Å². The summed E-state index contributed by atoms with van der Waals surface area (Å²) in [7, 11) is 0. The lowest BCUT2D eigenvalue weighted by molar-refractivity contribution is 0.179. The minimum Gasteiger partial charge on any atom is -0.387 e. The minimum absolute atomic E-state index is 0.427. The van der Waals surface area contributed by atoms with Gasteiger partial charge < -0.3 is 5.11 Å². The molecule has 0 aliphatic rings. The number of aryl methyl sites for hydroxylation is 4. The SMILES string of the molecule is CCn1nc(C)cc1CC(O)c1cc(C)c(C)s1. The van der Waals surface area contributed by atoms with Gasteiger partial charge in [0, 0.05) is 28.4 Å². The first-order valence-electron chi connectivity index (χ1n) is 6.29. The summed E-state index contributed by atoms with van der Waals surface area (Å²) in [5.74, 6) is 0. The predicted molar refractivity (Wildman–Crippen MR) is 75.1 cm³/mol. The fourth-order valence-electron chi connectivity index (χ4n) is 2.10. The Morgan fingerprint density at radius 3 is 2.61 bits per heavy atom. The van der Waals surface area contributed by atoms with E-state index in [1.54, 1.807) is 11.3 Å². The van der Waals surface area contributed by atoms with E-state index >= 15 is 0 Å². The van der Waals surface area contributed by atoms with E-state index in [-0.39, 0.29) is 0 Å². The molecule has 1 atom stereocenters. The van der Waals surface area contributed by atoms with Gasteiger partial charge in [-0.05, 0) is 45.4 Å². The van der Waals surface area contributed by atoms with Crippen LogP contribution in [0.4, 0.5) is 0 Å². The molecule has 2 aromatic heterocycles. The van der Waals surface area contributed by atoms with Crippen LogP contribution in [0.2, 0.25) is 0 Å². The second-order valence-electron chi connectivity index (χ2n) is 4.70. The van der Waals surface area contributed by atoms with Crippen molar-refractivity contribution < 1.29 is 5.11 Å². The standard InChI is InChI=1S/C14H20N2OS/c1-5-16-12(7-10(3)15-16)8-13(17)14-6-9(2)11(4)18-14/h6-7,13,17H,5,8H2,1-4H3. The summed E-state index contributed by atoms with van der Waals surface area (Å²) < 4.78 is 1.96. The van der Waals surface area contributed by atoms with Crippen LogP contribution in [0.3, 0.4) is 0 Å². The number of hydrogen-bond acceptors (Lipinski definition) is 3. The molecule has 0 fully saturated rings. The van der Waals surface area contributed by atoms with Gasteiger partial charge in [0.1, 0.15) is 0 Å². The van der Waals surface area contributed by atoms with E-state index in [1.165, 1.54) is 10.4 Å². The second kappa shape index (κ2) is 5.24. The summed E-state index contributed by atoms with van der Waals surface area (Å²) in [5.41, 5.74) is 3.37. The Balaban J connectivity index is 2.17. The maximum Gasteiger partial charge on any atom is 0.0937 e. The molecule has 1 N–H and O–H groups in total. The smallest absolute Gasteiger partial charge is 0.0937 e. The third-order valence-electron chi connectivity index (χ3n) is 3.20. The third-order valence-corrected chi connectivity index (χ3v) is 4.45. The number of hydrogen-bond donors (Lipinski definition) is 1. The predicted octanol–water partition coefficient (Wildman–Crippen LogP) is 3.17. The van der Waals surface area contributed by atoms with Crippen molar-refractivity contribution in [3.63, 3.8) is 0 Å². The summed E-state index contributed by atoms with van der Waals surface area (Å²) in [6, 6.07) is 4.14. The number of nitrogens with zero attached hydrogens (tertiary/aromatic N) is 2. The summed E-state index contributed by atoms with van der Waals surface area (Å²) in [6.45, 7) is 9.08. The van der Waals surface area contributed by atoms with Gasteiger partial charge in [0.25, 0.3) is 0 Å². The Labute approximate surface area is 112 Å². The molecule has 98 valence electrons. The Morgan fingerprint density at radius 1 is 1.33 bits per heavy atom. The molecule has 0 spiro atoms. The molecule has 18 heavy (non-hydrogen) atoms. The molecule has 0 saturated carbocycles. The zero-order chi connectivity index (χ0) is 13.3. The number of aliphatic hydroxyl groups is 1. The quantitative estimate of drug-likeness (QED) is 0.921. The molecule has 0 aromatic carbocycles. The first kappa shape index (κ1) is 13.3. The number of aromatic nitrogens is 2. The van der Waals surface area contributed by atoms with Crippen LogP contribution in [-0.2, 0) is 13.0 Å². The van der Waals surface area contributed by atoms with Gasteiger partial charge in [0.15, 0.2) is 0 Å².